The molecule has 1 aliphatic rings. The zero-order chi connectivity index (χ0) is 97.8. The Balaban J connectivity index is 0.000000112. The van der Waals surface area contributed by atoms with E-state index in [1.165, 1.54) is 160 Å². The highest BCUT2D eigenvalue weighted by molar-refractivity contribution is 6.13. The van der Waals surface area contributed by atoms with Crippen LogP contribution in [0.4, 0.5) is 34.1 Å². The van der Waals surface area contributed by atoms with Crippen LogP contribution >= 0.6 is 0 Å². The minimum absolute atomic E-state index is 0.0989. The van der Waals surface area contributed by atoms with Gasteiger partial charge in [-0.05, 0) is 248 Å². The molecule has 694 valence electrons. The predicted molar refractivity (Wildman–Crippen MR) is 617 cm³/mol. The Labute approximate surface area is 854 Å². The number of fused-ring (bicyclic) bond motifs is 15. The van der Waals surface area contributed by atoms with E-state index in [0.29, 0.717) is 0 Å². The summed E-state index contributed by atoms with van der Waals surface area (Å²) in [4.78, 5) is 14.6. The fourth-order valence-corrected chi connectivity index (χ4v) is 22.2. The monoisotopic (exact) mass is 1880 g/mol. The molecule has 0 unspecified atom stereocenters. The van der Waals surface area contributed by atoms with E-state index >= 15 is 0 Å². The second-order valence-electron chi connectivity index (χ2n) is 38.4. The van der Waals surface area contributed by atoms with Crippen molar-refractivity contribution in [3.8, 4) is 112 Å². The van der Waals surface area contributed by atoms with Crippen LogP contribution in [-0.2, 0) is 5.41 Å². The Morgan fingerprint density at radius 3 is 0.823 bits per heavy atom. The van der Waals surface area contributed by atoms with Gasteiger partial charge in [-0.1, -0.05) is 390 Å². The number of nitrogens with zero attached hydrogens (tertiary/aromatic N) is 8. The third kappa shape index (κ3) is 16.2. The molecule has 0 saturated heterocycles. The molecule has 147 heavy (non-hydrogen) atoms. The first-order valence-corrected chi connectivity index (χ1v) is 50.4. The van der Waals surface area contributed by atoms with Crippen molar-refractivity contribution in [2.75, 3.05) is 9.80 Å². The van der Waals surface area contributed by atoms with Gasteiger partial charge >= 0.3 is 0 Å². The number of pyridine rings is 2. The molecular formula is C139H98N8. The molecule has 0 aliphatic heterocycles. The van der Waals surface area contributed by atoms with Crippen molar-refractivity contribution < 1.29 is 0 Å². The Morgan fingerprint density at radius 2 is 0.435 bits per heavy atom. The van der Waals surface area contributed by atoms with Gasteiger partial charge in [-0.15, -0.1) is 0 Å². The third-order valence-electron chi connectivity index (χ3n) is 29.5. The van der Waals surface area contributed by atoms with Gasteiger partial charge in [0.15, 0.2) is 0 Å². The molecule has 27 aromatic rings. The van der Waals surface area contributed by atoms with Gasteiger partial charge in [0.2, 0.25) is 0 Å². The van der Waals surface area contributed by atoms with Crippen LogP contribution in [0.25, 0.3) is 199 Å². The molecule has 0 amide bonds. The topological polar surface area (TPSA) is 52.0 Å². The van der Waals surface area contributed by atoms with Gasteiger partial charge in [-0.2, -0.15) is 0 Å². The Kier molecular flexibility index (Phi) is 22.5. The summed E-state index contributed by atoms with van der Waals surface area (Å²) in [7, 11) is 0. The van der Waals surface area contributed by atoms with Crippen molar-refractivity contribution >= 4 is 121 Å². The van der Waals surface area contributed by atoms with Crippen molar-refractivity contribution in [2.24, 2.45) is 0 Å². The van der Waals surface area contributed by atoms with Crippen LogP contribution in [0.5, 0.6) is 0 Å². The molecule has 6 heterocycles. The van der Waals surface area contributed by atoms with Gasteiger partial charge in [-0.25, -0.2) is 0 Å². The second-order valence-corrected chi connectivity index (χ2v) is 38.4. The number of benzene rings is 21. The van der Waals surface area contributed by atoms with Crippen LogP contribution in [0.3, 0.4) is 0 Å². The number of hydrogen-bond acceptors (Lipinski definition) is 4. The smallest absolute Gasteiger partial charge is 0.0724 e. The first-order valence-electron chi connectivity index (χ1n) is 50.4. The van der Waals surface area contributed by atoms with Gasteiger partial charge in [0.25, 0.3) is 0 Å². The molecule has 0 N–H and O–H groups in total. The zero-order valence-electron chi connectivity index (χ0n) is 81.2. The number of rotatable bonds is 17. The minimum Gasteiger partial charge on any atom is -0.311 e. The molecule has 6 aromatic heterocycles. The average Bonchev–Trinajstić information content (AvgIpc) is 1.58. The summed E-state index contributed by atoms with van der Waals surface area (Å²) in [5.74, 6) is 0. The highest BCUT2D eigenvalue weighted by Gasteiger charge is 2.36. The predicted octanol–water partition coefficient (Wildman–Crippen LogP) is 37.2. The first-order chi connectivity index (χ1) is 72.7. The number of anilines is 6. The second kappa shape index (κ2) is 37.6. The Bertz CT molecular complexity index is 9300. The standard InChI is InChI=1S/C50H37N3.C48H34N2.C41H27N3/c1-50(2)45-17-9-6-14-41(45)42-30-28-39(32-46(42)50)52(37-24-20-35(21-25-37)34-12-4-3-5-13-34)40-29-31-47(51-33-40)36-22-26-38(27-23-36)53-48-18-10-7-15-43(48)44-16-8-11-19-49(44)53;1-3-12-35(13-4-1)37-22-28-41(29-23-37)49(42-30-24-38(25-31-42)36-14-5-2-6-15-36)43-32-26-39(27-33-43)40-16-11-17-44(34-40)50-47-20-9-7-18-45(47)46-19-8-10-21-48(46)50;1-2-10-30(11-3-1)37-26-36-35-14-6-9-17-40(35)44(41(36)27-42-37)32-24-20-29(21-25-32)28-18-22-31(23-19-28)43-38-15-7-4-12-33(38)34-13-5-8-16-39(34)43/h3-33H,1-2H3;1-34H;1-27H. The van der Waals surface area contributed by atoms with Crippen molar-refractivity contribution in [3.63, 3.8) is 0 Å². The van der Waals surface area contributed by atoms with E-state index in [1.807, 2.05) is 18.5 Å². The normalized spacial score (nSPS) is 11.9. The van der Waals surface area contributed by atoms with Crippen molar-refractivity contribution in [1.82, 2.24) is 28.2 Å². The van der Waals surface area contributed by atoms with E-state index in [0.717, 1.165) is 84.9 Å². The molecule has 28 rings (SSSR count). The van der Waals surface area contributed by atoms with Crippen molar-refractivity contribution in [1.29, 1.82) is 0 Å². The van der Waals surface area contributed by atoms with Crippen LogP contribution in [-0.4, -0.2) is 28.2 Å². The van der Waals surface area contributed by atoms with Gasteiger partial charge in [-0.3, -0.25) is 9.97 Å². The molecule has 0 bridgehead atoms. The van der Waals surface area contributed by atoms with Gasteiger partial charge < -0.3 is 28.1 Å². The largest absolute Gasteiger partial charge is 0.311 e. The number of para-hydroxylation sites is 7. The summed E-state index contributed by atoms with van der Waals surface area (Å²) >= 11 is 0. The Hall–Kier alpha value is -19.3. The molecule has 21 aromatic carbocycles. The highest BCUT2D eigenvalue weighted by atomic mass is 15.2. The third-order valence-corrected chi connectivity index (χ3v) is 29.5. The lowest BCUT2D eigenvalue weighted by Gasteiger charge is -2.28. The van der Waals surface area contributed by atoms with Crippen molar-refractivity contribution in [2.45, 2.75) is 19.3 Å². The van der Waals surface area contributed by atoms with E-state index in [9.17, 15) is 0 Å². The number of aromatic nitrogens is 6. The quantitative estimate of drug-likeness (QED) is 0.0912. The van der Waals surface area contributed by atoms with E-state index in [4.69, 9.17) is 9.97 Å². The van der Waals surface area contributed by atoms with Crippen LogP contribution in [0.15, 0.2) is 558 Å². The van der Waals surface area contributed by atoms with Crippen molar-refractivity contribution in [3.05, 3.63) is 569 Å². The summed E-state index contributed by atoms with van der Waals surface area (Å²) in [5, 5.41) is 10.1. The maximum Gasteiger partial charge on any atom is 0.0724 e. The maximum absolute atomic E-state index is 5.06. The van der Waals surface area contributed by atoms with Gasteiger partial charge in [0, 0.05) is 111 Å². The summed E-state index contributed by atoms with van der Waals surface area (Å²) < 4.78 is 9.41. The summed E-state index contributed by atoms with van der Waals surface area (Å²) in [5.41, 5.74) is 42.0. The van der Waals surface area contributed by atoms with E-state index in [2.05, 4.69) is 582 Å². The SMILES string of the molecule is CC1(C)c2ccccc2-c2ccc(N(c3ccc(-c4ccccc4)cc3)c3ccc(-c4ccc(-n5c6ccccc6c6ccccc65)cc4)nc3)cc21.c1ccc(-c2cc3c4ccccc4n(-c4ccc(-c5ccc(-n6c7ccccc7c7ccccc76)cc5)cc4)c3cn2)cc1.c1ccc(-c2ccc(N(c3ccc(-c4ccccc4)cc3)c3ccc(-c4cccc(-n5c6ccccc6c6ccccc65)c4)cc3)cc2)cc1. The van der Waals surface area contributed by atoms with E-state index in [-0.39, 0.29) is 5.41 Å². The van der Waals surface area contributed by atoms with Gasteiger partial charge in [0.1, 0.15) is 0 Å². The number of hydrogen-bond donors (Lipinski definition) is 0. The summed E-state index contributed by atoms with van der Waals surface area (Å²) in [6.07, 6.45) is 4.02. The fraction of sp³-hybridized carbons (Fsp3) is 0.0216. The van der Waals surface area contributed by atoms with E-state index < -0.39 is 0 Å². The van der Waals surface area contributed by atoms with Crippen LogP contribution in [0.2, 0.25) is 0 Å². The molecule has 0 spiro atoms. The molecule has 8 heteroatoms. The average molecular weight is 1880 g/mol. The molecule has 0 fully saturated rings. The first kappa shape index (κ1) is 87.9. The van der Waals surface area contributed by atoms with E-state index in [1.54, 1.807) is 0 Å². The lowest BCUT2D eigenvalue weighted by Crippen LogP contribution is -2.16. The minimum atomic E-state index is -0.0989. The molecule has 8 nitrogen and oxygen atoms in total. The fourth-order valence-electron chi connectivity index (χ4n) is 22.2. The summed E-state index contributed by atoms with van der Waals surface area (Å²) in [6.45, 7) is 4.67. The zero-order valence-corrected chi connectivity index (χ0v) is 81.2. The van der Waals surface area contributed by atoms with Crippen LogP contribution in [0, 0.1) is 0 Å². The highest BCUT2D eigenvalue weighted by Crippen LogP contribution is 2.52. The molecule has 0 atom stereocenters. The molecular weight excluding hydrogens is 1780 g/mol. The lowest BCUT2D eigenvalue weighted by molar-refractivity contribution is 0.660. The Morgan fingerprint density at radius 1 is 0.163 bits per heavy atom. The molecule has 0 saturated carbocycles. The molecule has 0 radical (unpaired) electrons. The van der Waals surface area contributed by atoms with Crippen LogP contribution in [0.1, 0.15) is 25.0 Å². The molecule has 1 aliphatic carbocycles. The summed E-state index contributed by atoms with van der Waals surface area (Å²) in [6, 6.07) is 196. The maximum atomic E-state index is 5.06. The van der Waals surface area contributed by atoms with Crippen LogP contribution < -0.4 is 9.80 Å². The lowest BCUT2D eigenvalue weighted by atomic mass is 9.82. The van der Waals surface area contributed by atoms with Gasteiger partial charge in [0.05, 0.1) is 73.6 Å².